The molecule has 0 bridgehead atoms. The Bertz CT molecular complexity index is 1600. The lowest BCUT2D eigenvalue weighted by Crippen LogP contribution is -3.00. The summed E-state index contributed by atoms with van der Waals surface area (Å²) in [6.07, 6.45) is 6.01. The number of aromatic nitrogens is 2. The van der Waals surface area contributed by atoms with Gasteiger partial charge in [0.15, 0.2) is 12.6 Å². The molecule has 4 nitrogen and oxygen atoms in total. The fourth-order valence-electron chi connectivity index (χ4n) is 4.62. The molecule has 4 aromatic carbocycles. The third kappa shape index (κ3) is 4.43. The van der Waals surface area contributed by atoms with Crippen molar-refractivity contribution in [3.05, 3.63) is 139 Å². The predicted molar refractivity (Wildman–Crippen MR) is 133 cm³/mol. The Labute approximate surface area is 213 Å². The standard InChI is InChI=1S/C30H23N2O2.BrH/c33-27(22-9-3-1-4-10-22)20-31-17-18-32(21-31)30(23-11-5-2-6-12-23)24-15-16-29-26(19-24)25-13-7-8-14-28(25)34-29;/h1-19,21,30H,20H2;1H/q+1;/p-1. The summed E-state index contributed by atoms with van der Waals surface area (Å²) in [4.78, 5) is 12.7. The van der Waals surface area contributed by atoms with E-state index in [2.05, 4.69) is 53.1 Å². The van der Waals surface area contributed by atoms with E-state index in [1.54, 1.807) is 0 Å². The molecule has 5 heteroatoms. The van der Waals surface area contributed by atoms with Crippen LogP contribution in [0.3, 0.4) is 0 Å². The second kappa shape index (κ2) is 9.72. The van der Waals surface area contributed by atoms with Crippen molar-refractivity contribution in [3.63, 3.8) is 0 Å². The van der Waals surface area contributed by atoms with E-state index in [0.717, 1.165) is 33.1 Å². The number of fused-ring (bicyclic) bond motifs is 3. The van der Waals surface area contributed by atoms with Gasteiger partial charge in [-0.1, -0.05) is 84.9 Å². The highest BCUT2D eigenvalue weighted by molar-refractivity contribution is 6.05. The third-order valence-electron chi connectivity index (χ3n) is 6.26. The summed E-state index contributed by atoms with van der Waals surface area (Å²) in [5, 5.41) is 2.22. The molecule has 6 aromatic rings. The van der Waals surface area contributed by atoms with E-state index in [1.807, 2.05) is 77.9 Å². The van der Waals surface area contributed by atoms with Crippen LogP contribution in [0.4, 0.5) is 0 Å². The number of halogens is 1. The van der Waals surface area contributed by atoms with Crippen molar-refractivity contribution in [3.8, 4) is 0 Å². The van der Waals surface area contributed by atoms with Gasteiger partial charge in [-0.2, -0.15) is 0 Å². The van der Waals surface area contributed by atoms with E-state index in [4.69, 9.17) is 4.42 Å². The van der Waals surface area contributed by atoms with Crippen molar-refractivity contribution >= 4 is 27.7 Å². The van der Waals surface area contributed by atoms with Gasteiger partial charge in [0.25, 0.3) is 0 Å². The molecular weight excluding hydrogens is 500 g/mol. The lowest BCUT2D eigenvalue weighted by atomic mass is 9.97. The number of carbonyl (C=O) groups is 1. The molecule has 0 fully saturated rings. The number of para-hydroxylation sites is 1. The fourth-order valence-corrected chi connectivity index (χ4v) is 4.62. The Morgan fingerprint density at radius 2 is 1.46 bits per heavy atom. The molecule has 2 heterocycles. The Hall–Kier alpha value is -3.96. The molecule has 0 aliphatic rings. The van der Waals surface area contributed by atoms with Gasteiger partial charge in [-0.05, 0) is 18.2 Å². The molecular formula is C30H23BrN2O2. The van der Waals surface area contributed by atoms with Gasteiger partial charge < -0.3 is 21.4 Å². The monoisotopic (exact) mass is 522 g/mol. The van der Waals surface area contributed by atoms with E-state index in [9.17, 15) is 4.79 Å². The van der Waals surface area contributed by atoms with Gasteiger partial charge in [-0.15, -0.1) is 0 Å². The number of ketones is 1. The normalized spacial score (nSPS) is 11.9. The number of imidazole rings is 1. The minimum absolute atomic E-state index is 0. The Morgan fingerprint density at radius 3 is 2.26 bits per heavy atom. The van der Waals surface area contributed by atoms with E-state index < -0.39 is 0 Å². The fraction of sp³-hybridized carbons (Fsp3) is 0.0667. The molecule has 1 atom stereocenters. The first-order valence-corrected chi connectivity index (χ1v) is 11.4. The van der Waals surface area contributed by atoms with Crippen molar-refractivity contribution in [2.75, 3.05) is 0 Å². The molecule has 0 radical (unpaired) electrons. The van der Waals surface area contributed by atoms with Crippen molar-refractivity contribution in [1.82, 2.24) is 4.57 Å². The van der Waals surface area contributed by atoms with Crippen molar-refractivity contribution in [2.45, 2.75) is 12.6 Å². The molecule has 1 unspecified atom stereocenters. The highest BCUT2D eigenvalue weighted by atomic mass is 79.9. The third-order valence-corrected chi connectivity index (χ3v) is 6.26. The van der Waals surface area contributed by atoms with Gasteiger partial charge in [0, 0.05) is 27.5 Å². The Morgan fingerprint density at radius 1 is 0.771 bits per heavy atom. The average Bonchev–Trinajstić information content (AvgIpc) is 3.50. The number of Topliss-reactive ketones (excluding diaryl/α,β-unsaturated/α-hetero) is 1. The maximum absolute atomic E-state index is 12.7. The summed E-state index contributed by atoms with van der Waals surface area (Å²) in [5.41, 5.74) is 4.82. The number of rotatable bonds is 6. The quantitative estimate of drug-likeness (QED) is 0.249. The summed E-state index contributed by atoms with van der Waals surface area (Å²) >= 11 is 0. The highest BCUT2D eigenvalue weighted by Gasteiger charge is 2.23. The van der Waals surface area contributed by atoms with Crippen LogP contribution in [0.1, 0.15) is 27.5 Å². The molecule has 0 amide bonds. The Kier molecular flexibility index (Phi) is 6.34. The second-order valence-corrected chi connectivity index (χ2v) is 8.49. The van der Waals surface area contributed by atoms with Gasteiger partial charge >= 0.3 is 0 Å². The van der Waals surface area contributed by atoms with Crippen LogP contribution in [0.25, 0.3) is 21.9 Å². The average molecular weight is 523 g/mol. The van der Waals surface area contributed by atoms with Gasteiger partial charge in [-0.3, -0.25) is 4.79 Å². The summed E-state index contributed by atoms with van der Waals surface area (Å²) in [5.74, 6) is 0.0888. The topological polar surface area (TPSA) is 39.0 Å². The zero-order valence-electron chi connectivity index (χ0n) is 18.9. The molecule has 0 aliphatic carbocycles. The van der Waals surface area contributed by atoms with E-state index in [-0.39, 0.29) is 28.8 Å². The van der Waals surface area contributed by atoms with E-state index >= 15 is 0 Å². The maximum atomic E-state index is 12.7. The lowest BCUT2D eigenvalue weighted by Gasteiger charge is -2.15. The molecule has 0 N–H and O–H groups in total. The number of furan rings is 1. The molecule has 0 spiro atoms. The van der Waals surface area contributed by atoms with Gasteiger partial charge in [0.1, 0.15) is 23.6 Å². The minimum Gasteiger partial charge on any atom is -1.00 e. The molecule has 2 aromatic heterocycles. The van der Waals surface area contributed by atoms with E-state index in [1.165, 1.54) is 5.56 Å². The van der Waals surface area contributed by atoms with Crippen LogP contribution in [-0.4, -0.2) is 10.4 Å². The first kappa shape index (κ1) is 22.8. The van der Waals surface area contributed by atoms with Crippen molar-refractivity contribution in [1.29, 1.82) is 0 Å². The smallest absolute Gasteiger partial charge is 0.244 e. The largest absolute Gasteiger partial charge is 1.00 e. The lowest BCUT2D eigenvalue weighted by molar-refractivity contribution is -0.682. The molecule has 0 saturated heterocycles. The minimum atomic E-state index is -0.0349. The van der Waals surface area contributed by atoms with Crippen LogP contribution in [0.2, 0.25) is 0 Å². The molecule has 35 heavy (non-hydrogen) atoms. The summed E-state index contributed by atoms with van der Waals surface area (Å²) in [7, 11) is 0. The summed E-state index contributed by atoms with van der Waals surface area (Å²) < 4.78 is 10.1. The molecule has 0 aliphatic heterocycles. The van der Waals surface area contributed by atoms with Crippen LogP contribution in [0.5, 0.6) is 0 Å². The Balaban J connectivity index is 0.00000253. The van der Waals surface area contributed by atoms with Crippen LogP contribution in [-0.2, 0) is 6.54 Å². The summed E-state index contributed by atoms with van der Waals surface area (Å²) in [6, 6.07) is 34.4. The number of hydrogen-bond donors (Lipinski definition) is 0. The second-order valence-electron chi connectivity index (χ2n) is 8.49. The van der Waals surface area contributed by atoms with Gasteiger partial charge in [-0.25, -0.2) is 9.13 Å². The predicted octanol–water partition coefficient (Wildman–Crippen LogP) is 3.20. The number of hydrogen-bond acceptors (Lipinski definition) is 2. The van der Waals surface area contributed by atoms with Gasteiger partial charge in [0.05, 0.1) is 0 Å². The van der Waals surface area contributed by atoms with Crippen LogP contribution < -0.4 is 21.5 Å². The van der Waals surface area contributed by atoms with Crippen LogP contribution in [0, 0.1) is 0 Å². The first-order valence-electron chi connectivity index (χ1n) is 11.4. The van der Waals surface area contributed by atoms with Crippen LogP contribution in [0.15, 0.2) is 126 Å². The van der Waals surface area contributed by atoms with Crippen molar-refractivity contribution < 1.29 is 30.8 Å². The highest BCUT2D eigenvalue weighted by Crippen LogP contribution is 2.33. The molecule has 0 saturated carbocycles. The SMILES string of the molecule is O=C(C[n+]1ccn(C(c2ccccc2)c2ccc3oc4ccccc4c3c2)c1)c1ccccc1.[Br-]. The zero-order chi connectivity index (χ0) is 22.9. The van der Waals surface area contributed by atoms with Crippen molar-refractivity contribution in [2.24, 2.45) is 0 Å². The zero-order valence-corrected chi connectivity index (χ0v) is 20.5. The first-order chi connectivity index (χ1) is 16.8. The number of carbonyl (C=O) groups excluding carboxylic acids is 1. The number of benzene rings is 4. The summed E-state index contributed by atoms with van der Waals surface area (Å²) in [6.45, 7) is 0.296. The van der Waals surface area contributed by atoms with Crippen LogP contribution >= 0.6 is 0 Å². The maximum Gasteiger partial charge on any atom is 0.244 e. The van der Waals surface area contributed by atoms with E-state index in [0.29, 0.717) is 6.54 Å². The molecule has 6 rings (SSSR count). The number of nitrogens with zero attached hydrogens (tertiary/aromatic N) is 2. The van der Waals surface area contributed by atoms with Gasteiger partial charge in [0.2, 0.25) is 12.1 Å². The molecule has 172 valence electrons.